The minimum Gasteiger partial charge on any atom is -0.387 e. The van der Waals surface area contributed by atoms with Crippen LogP contribution in [0.3, 0.4) is 0 Å². The first-order chi connectivity index (χ1) is 9.20. The van der Waals surface area contributed by atoms with Crippen molar-refractivity contribution in [1.82, 2.24) is 5.32 Å². The second-order valence-electron chi connectivity index (χ2n) is 4.08. The van der Waals surface area contributed by atoms with Crippen LogP contribution in [0.2, 0.25) is 5.02 Å². The number of thiophene rings is 1. The number of anilines is 1. The fourth-order valence-corrected chi connectivity index (χ4v) is 2.65. The van der Waals surface area contributed by atoms with E-state index in [9.17, 15) is 4.79 Å². The van der Waals surface area contributed by atoms with Crippen molar-refractivity contribution in [2.24, 2.45) is 0 Å². The monoisotopic (exact) mass is 294 g/mol. The molecule has 0 aliphatic carbocycles. The summed E-state index contributed by atoms with van der Waals surface area (Å²) >= 11 is 7.59. The summed E-state index contributed by atoms with van der Waals surface area (Å²) in [5.74, 6) is -0.109. The van der Waals surface area contributed by atoms with Crippen LogP contribution in [0, 0.1) is 0 Å². The molecule has 0 bridgehead atoms. The average Bonchev–Trinajstić information content (AvgIpc) is 2.91. The molecule has 3 nitrogen and oxygen atoms in total. The van der Waals surface area contributed by atoms with Crippen LogP contribution in [-0.2, 0) is 6.42 Å². The molecule has 1 heterocycles. The lowest BCUT2D eigenvalue weighted by molar-refractivity contribution is 0.0955. The van der Waals surface area contributed by atoms with Gasteiger partial charge in [-0.3, -0.25) is 4.79 Å². The Balaban J connectivity index is 1.97. The van der Waals surface area contributed by atoms with Gasteiger partial charge in [-0.25, -0.2) is 0 Å². The predicted molar refractivity (Wildman–Crippen MR) is 81.4 cm³/mol. The standard InChI is InChI=1S/C14H15ClN2OS/c1-16-13-3-2-11(15)8-12(13)14(18)17-6-4-10-5-7-19-9-10/h2-3,5,7-9,16H,4,6H2,1H3,(H,17,18). The van der Waals surface area contributed by atoms with Crippen molar-refractivity contribution in [1.29, 1.82) is 0 Å². The molecule has 0 aliphatic heterocycles. The maximum absolute atomic E-state index is 12.1. The zero-order chi connectivity index (χ0) is 13.7. The van der Waals surface area contributed by atoms with E-state index in [1.807, 2.05) is 5.38 Å². The molecule has 1 aromatic carbocycles. The van der Waals surface area contributed by atoms with E-state index in [-0.39, 0.29) is 5.91 Å². The molecule has 0 saturated carbocycles. The van der Waals surface area contributed by atoms with Crippen LogP contribution in [-0.4, -0.2) is 19.5 Å². The van der Waals surface area contributed by atoms with E-state index < -0.39 is 0 Å². The fourth-order valence-electron chi connectivity index (χ4n) is 1.77. The molecule has 0 atom stereocenters. The fraction of sp³-hybridized carbons (Fsp3) is 0.214. The number of hydrogen-bond donors (Lipinski definition) is 2. The normalized spacial score (nSPS) is 10.2. The summed E-state index contributed by atoms with van der Waals surface area (Å²) in [6.07, 6.45) is 0.838. The number of amides is 1. The predicted octanol–water partition coefficient (Wildman–Crippen LogP) is 3.42. The maximum atomic E-state index is 12.1. The molecule has 0 saturated heterocycles. The lowest BCUT2D eigenvalue weighted by Gasteiger charge is -2.10. The van der Waals surface area contributed by atoms with Gasteiger partial charge in [0.1, 0.15) is 0 Å². The summed E-state index contributed by atoms with van der Waals surface area (Å²) in [5, 5.41) is 10.6. The van der Waals surface area contributed by atoms with Gasteiger partial charge < -0.3 is 10.6 Å². The van der Waals surface area contributed by atoms with Gasteiger partial charge >= 0.3 is 0 Å². The Hall–Kier alpha value is -1.52. The molecule has 100 valence electrons. The van der Waals surface area contributed by atoms with Gasteiger partial charge in [-0.05, 0) is 47.0 Å². The van der Waals surface area contributed by atoms with Gasteiger partial charge in [-0.15, -0.1) is 0 Å². The van der Waals surface area contributed by atoms with Crippen LogP contribution < -0.4 is 10.6 Å². The highest BCUT2D eigenvalue weighted by Gasteiger charge is 2.10. The molecule has 0 aliphatic rings. The second-order valence-corrected chi connectivity index (χ2v) is 5.29. The third-order valence-electron chi connectivity index (χ3n) is 2.77. The SMILES string of the molecule is CNc1ccc(Cl)cc1C(=O)NCCc1ccsc1. The first-order valence-corrected chi connectivity index (χ1v) is 7.29. The second kappa shape index (κ2) is 6.59. The van der Waals surface area contributed by atoms with Crippen LogP contribution in [0.5, 0.6) is 0 Å². The van der Waals surface area contributed by atoms with Gasteiger partial charge in [0.15, 0.2) is 0 Å². The van der Waals surface area contributed by atoms with Gasteiger partial charge in [-0.1, -0.05) is 11.6 Å². The minimum atomic E-state index is -0.109. The molecule has 19 heavy (non-hydrogen) atoms. The third-order valence-corrected chi connectivity index (χ3v) is 3.74. The molecule has 1 amide bonds. The quantitative estimate of drug-likeness (QED) is 0.887. The number of halogens is 1. The highest BCUT2D eigenvalue weighted by atomic mass is 35.5. The van der Waals surface area contributed by atoms with E-state index in [1.54, 1.807) is 36.6 Å². The number of carbonyl (C=O) groups is 1. The summed E-state index contributed by atoms with van der Waals surface area (Å²) in [6.45, 7) is 0.616. The number of hydrogen-bond acceptors (Lipinski definition) is 3. The zero-order valence-electron chi connectivity index (χ0n) is 10.6. The van der Waals surface area contributed by atoms with Crippen LogP contribution >= 0.6 is 22.9 Å². The topological polar surface area (TPSA) is 41.1 Å². The Labute approximate surface area is 121 Å². The van der Waals surface area contributed by atoms with Crippen molar-refractivity contribution in [3.63, 3.8) is 0 Å². The number of benzene rings is 1. The van der Waals surface area contributed by atoms with Gasteiger partial charge in [-0.2, -0.15) is 11.3 Å². The molecule has 2 aromatic rings. The first kappa shape index (κ1) is 13.9. The summed E-state index contributed by atoms with van der Waals surface area (Å²) in [6, 6.07) is 7.30. The maximum Gasteiger partial charge on any atom is 0.253 e. The molecular formula is C14H15ClN2OS. The molecule has 5 heteroatoms. The molecule has 1 aromatic heterocycles. The van der Waals surface area contributed by atoms with Gasteiger partial charge in [0, 0.05) is 24.3 Å². The Morgan fingerprint density at radius 2 is 2.21 bits per heavy atom. The van der Waals surface area contributed by atoms with Crippen LogP contribution in [0.1, 0.15) is 15.9 Å². The number of nitrogens with one attached hydrogen (secondary N) is 2. The minimum absolute atomic E-state index is 0.109. The highest BCUT2D eigenvalue weighted by Crippen LogP contribution is 2.20. The molecule has 0 unspecified atom stereocenters. The summed E-state index contributed by atoms with van der Waals surface area (Å²) in [7, 11) is 1.78. The first-order valence-electron chi connectivity index (χ1n) is 5.97. The van der Waals surface area contributed by atoms with Gasteiger partial charge in [0.25, 0.3) is 5.91 Å². The molecular weight excluding hydrogens is 280 g/mol. The van der Waals surface area contributed by atoms with E-state index >= 15 is 0 Å². The van der Waals surface area contributed by atoms with E-state index in [1.165, 1.54) is 5.56 Å². The zero-order valence-corrected chi connectivity index (χ0v) is 12.1. The van der Waals surface area contributed by atoms with Crippen molar-refractivity contribution in [3.05, 3.63) is 51.2 Å². The van der Waals surface area contributed by atoms with Crippen LogP contribution in [0.25, 0.3) is 0 Å². The lowest BCUT2D eigenvalue weighted by Crippen LogP contribution is -2.26. The van der Waals surface area contributed by atoms with Crippen molar-refractivity contribution >= 4 is 34.5 Å². The Bertz CT molecular complexity index is 555. The van der Waals surface area contributed by atoms with E-state index in [2.05, 4.69) is 22.1 Å². The molecule has 2 N–H and O–H groups in total. The number of carbonyl (C=O) groups excluding carboxylic acids is 1. The Morgan fingerprint density at radius 1 is 1.37 bits per heavy atom. The van der Waals surface area contributed by atoms with Crippen LogP contribution in [0.15, 0.2) is 35.0 Å². The smallest absolute Gasteiger partial charge is 0.253 e. The molecule has 0 radical (unpaired) electrons. The molecule has 0 fully saturated rings. The lowest BCUT2D eigenvalue weighted by atomic mass is 10.1. The molecule has 0 spiro atoms. The van der Waals surface area contributed by atoms with Crippen LogP contribution in [0.4, 0.5) is 5.69 Å². The Morgan fingerprint density at radius 3 is 2.89 bits per heavy atom. The van der Waals surface area contributed by atoms with Crippen molar-refractivity contribution in [3.8, 4) is 0 Å². The summed E-state index contributed by atoms with van der Waals surface area (Å²) in [5.41, 5.74) is 2.59. The molecule has 2 rings (SSSR count). The van der Waals surface area contributed by atoms with E-state index in [0.717, 1.165) is 12.1 Å². The van der Waals surface area contributed by atoms with Crippen molar-refractivity contribution in [2.45, 2.75) is 6.42 Å². The Kier molecular flexibility index (Phi) is 4.82. The van der Waals surface area contributed by atoms with Gasteiger partial charge in [0.05, 0.1) is 5.56 Å². The third kappa shape index (κ3) is 3.72. The number of rotatable bonds is 5. The average molecular weight is 295 g/mol. The van der Waals surface area contributed by atoms with Gasteiger partial charge in [0.2, 0.25) is 0 Å². The van der Waals surface area contributed by atoms with Crippen molar-refractivity contribution in [2.75, 3.05) is 18.9 Å². The van der Waals surface area contributed by atoms with E-state index in [0.29, 0.717) is 17.1 Å². The summed E-state index contributed by atoms with van der Waals surface area (Å²) in [4.78, 5) is 12.1. The van der Waals surface area contributed by atoms with Crippen molar-refractivity contribution < 1.29 is 4.79 Å². The largest absolute Gasteiger partial charge is 0.387 e. The highest BCUT2D eigenvalue weighted by molar-refractivity contribution is 7.07. The van der Waals surface area contributed by atoms with E-state index in [4.69, 9.17) is 11.6 Å². The summed E-state index contributed by atoms with van der Waals surface area (Å²) < 4.78 is 0.